The number of ether oxygens (including phenoxy) is 1. The number of nitrogens with zero attached hydrogens (tertiary/aromatic N) is 1. The molecule has 2 bridgehead atoms. The fourth-order valence-corrected chi connectivity index (χ4v) is 2.79. The monoisotopic (exact) mass is 213 g/mol. The Morgan fingerprint density at radius 1 is 1.50 bits per heavy atom. The molecule has 0 N–H and O–H groups in total. The van der Waals surface area contributed by atoms with Gasteiger partial charge in [0.05, 0.1) is 23.8 Å². The van der Waals surface area contributed by atoms with Crippen molar-refractivity contribution >= 4 is 11.6 Å². The van der Waals surface area contributed by atoms with Crippen molar-refractivity contribution in [3.05, 3.63) is 17.8 Å². The minimum absolute atomic E-state index is 0.343. The lowest BCUT2D eigenvalue weighted by molar-refractivity contribution is 0.0986. The normalized spacial score (nSPS) is 35.4. The third-order valence-corrected chi connectivity index (χ3v) is 3.50. The Kier molecular flexibility index (Phi) is 2.03. The Labute approximate surface area is 87.4 Å². The molecular formula is C10H12ClNO2. The van der Waals surface area contributed by atoms with E-state index in [1.54, 1.807) is 0 Å². The Balaban J connectivity index is 1.89. The summed E-state index contributed by atoms with van der Waals surface area (Å²) < 4.78 is 11.2. The fraction of sp³-hybridized carbons (Fsp3) is 0.700. The van der Waals surface area contributed by atoms with Crippen molar-refractivity contribution in [3.63, 3.8) is 0 Å². The molecule has 4 heteroatoms. The van der Waals surface area contributed by atoms with Gasteiger partial charge in [0.15, 0.2) is 6.39 Å². The van der Waals surface area contributed by atoms with Crippen LogP contribution in [0.5, 0.6) is 0 Å². The van der Waals surface area contributed by atoms with Gasteiger partial charge in [0.1, 0.15) is 5.76 Å². The van der Waals surface area contributed by atoms with Crippen LogP contribution >= 0.6 is 11.6 Å². The van der Waals surface area contributed by atoms with Crippen LogP contribution in [0.1, 0.15) is 36.6 Å². The lowest BCUT2D eigenvalue weighted by atomic mass is 9.87. The number of hydrogen-bond acceptors (Lipinski definition) is 3. The largest absolute Gasteiger partial charge is 0.448 e. The zero-order chi connectivity index (χ0) is 9.54. The van der Waals surface area contributed by atoms with E-state index in [9.17, 15) is 0 Å². The van der Waals surface area contributed by atoms with E-state index in [2.05, 4.69) is 4.98 Å². The summed E-state index contributed by atoms with van der Waals surface area (Å²) in [5.41, 5.74) is 0.882. The summed E-state index contributed by atoms with van der Waals surface area (Å²) in [4.78, 5) is 4.11. The van der Waals surface area contributed by atoms with E-state index in [4.69, 9.17) is 20.8 Å². The van der Waals surface area contributed by atoms with Gasteiger partial charge in [-0.05, 0) is 19.3 Å². The molecule has 0 aliphatic carbocycles. The molecule has 1 aromatic rings. The molecule has 0 spiro atoms. The molecular weight excluding hydrogens is 202 g/mol. The van der Waals surface area contributed by atoms with Gasteiger partial charge in [-0.3, -0.25) is 0 Å². The molecule has 2 aliphatic rings. The third kappa shape index (κ3) is 1.19. The maximum Gasteiger partial charge on any atom is 0.181 e. The summed E-state index contributed by atoms with van der Waals surface area (Å²) in [6, 6.07) is 0. The summed E-state index contributed by atoms with van der Waals surface area (Å²) in [7, 11) is 0. The molecule has 2 fully saturated rings. The number of halogens is 1. The molecule has 0 aromatic carbocycles. The minimum Gasteiger partial charge on any atom is -0.448 e. The Bertz CT molecular complexity index is 339. The summed E-state index contributed by atoms with van der Waals surface area (Å²) in [6.45, 7) is 0. The number of fused-ring (bicyclic) bond motifs is 2. The Morgan fingerprint density at radius 2 is 2.43 bits per heavy atom. The van der Waals surface area contributed by atoms with E-state index in [0.717, 1.165) is 24.3 Å². The molecule has 2 saturated heterocycles. The van der Waals surface area contributed by atoms with Gasteiger partial charge in [0.25, 0.3) is 0 Å². The van der Waals surface area contributed by atoms with Crippen molar-refractivity contribution < 1.29 is 9.15 Å². The maximum absolute atomic E-state index is 5.79. The molecule has 0 radical (unpaired) electrons. The predicted molar refractivity (Wildman–Crippen MR) is 51.3 cm³/mol. The number of alkyl halides is 1. The summed E-state index contributed by atoms with van der Waals surface area (Å²) in [5.74, 6) is 1.77. The molecule has 76 valence electrons. The predicted octanol–water partition coefficient (Wildman–Crippen LogP) is 2.45. The number of rotatable bonds is 2. The zero-order valence-electron chi connectivity index (χ0n) is 7.78. The average molecular weight is 214 g/mol. The molecule has 0 amide bonds. The molecule has 3 heterocycles. The van der Waals surface area contributed by atoms with E-state index in [1.165, 1.54) is 12.8 Å². The smallest absolute Gasteiger partial charge is 0.181 e. The van der Waals surface area contributed by atoms with Crippen molar-refractivity contribution in [3.8, 4) is 0 Å². The van der Waals surface area contributed by atoms with Crippen LogP contribution in [-0.4, -0.2) is 17.2 Å². The topological polar surface area (TPSA) is 35.3 Å². The van der Waals surface area contributed by atoms with Gasteiger partial charge in [-0.25, -0.2) is 4.98 Å². The SMILES string of the molecule is ClCc1ncoc1C1CC2CCC1O2. The Hall–Kier alpha value is -0.540. The highest BCUT2D eigenvalue weighted by atomic mass is 35.5. The van der Waals surface area contributed by atoms with Gasteiger partial charge in [-0.15, -0.1) is 11.6 Å². The van der Waals surface area contributed by atoms with Crippen LogP contribution in [0.2, 0.25) is 0 Å². The molecule has 1 aromatic heterocycles. The van der Waals surface area contributed by atoms with Crippen LogP contribution in [0.3, 0.4) is 0 Å². The summed E-state index contributed by atoms with van der Waals surface area (Å²) in [6.07, 6.45) is 5.69. The molecule has 3 unspecified atom stereocenters. The first-order valence-electron chi connectivity index (χ1n) is 5.02. The summed E-state index contributed by atoms with van der Waals surface area (Å²) >= 11 is 5.79. The second-order valence-corrected chi connectivity index (χ2v) is 4.28. The van der Waals surface area contributed by atoms with E-state index in [-0.39, 0.29) is 0 Å². The molecule has 3 atom stereocenters. The van der Waals surface area contributed by atoms with Gasteiger partial charge in [0.2, 0.25) is 0 Å². The first kappa shape index (κ1) is 8.74. The first-order chi connectivity index (χ1) is 6.88. The summed E-state index contributed by atoms with van der Waals surface area (Å²) in [5, 5.41) is 0. The third-order valence-electron chi connectivity index (χ3n) is 3.24. The van der Waals surface area contributed by atoms with Crippen molar-refractivity contribution in [1.29, 1.82) is 0 Å². The second-order valence-electron chi connectivity index (χ2n) is 4.01. The van der Waals surface area contributed by atoms with Gasteiger partial charge in [-0.1, -0.05) is 0 Å². The van der Waals surface area contributed by atoms with Crippen LogP contribution in [-0.2, 0) is 10.6 Å². The highest BCUT2D eigenvalue weighted by molar-refractivity contribution is 6.16. The molecule has 14 heavy (non-hydrogen) atoms. The minimum atomic E-state index is 0.343. The Morgan fingerprint density at radius 3 is 3.07 bits per heavy atom. The van der Waals surface area contributed by atoms with Crippen molar-refractivity contribution in [2.75, 3.05) is 0 Å². The van der Waals surface area contributed by atoms with E-state index >= 15 is 0 Å². The van der Waals surface area contributed by atoms with Gasteiger partial charge in [0, 0.05) is 5.92 Å². The lowest BCUT2D eigenvalue weighted by Gasteiger charge is -2.16. The van der Waals surface area contributed by atoms with Crippen LogP contribution < -0.4 is 0 Å². The number of aromatic nitrogens is 1. The standard InChI is InChI=1S/C10H12ClNO2/c11-4-8-10(13-5-12-8)7-3-6-1-2-9(7)14-6/h5-7,9H,1-4H2. The van der Waals surface area contributed by atoms with Crippen molar-refractivity contribution in [2.24, 2.45) is 0 Å². The van der Waals surface area contributed by atoms with Crippen molar-refractivity contribution in [2.45, 2.75) is 43.3 Å². The number of oxazole rings is 1. The zero-order valence-corrected chi connectivity index (χ0v) is 8.54. The highest BCUT2D eigenvalue weighted by Gasteiger charge is 2.43. The van der Waals surface area contributed by atoms with Crippen LogP contribution in [0, 0.1) is 0 Å². The second kappa shape index (κ2) is 3.24. The fourth-order valence-electron chi connectivity index (χ4n) is 2.59. The van der Waals surface area contributed by atoms with Crippen LogP contribution in [0.4, 0.5) is 0 Å². The molecule has 3 nitrogen and oxygen atoms in total. The van der Waals surface area contributed by atoms with E-state index < -0.39 is 0 Å². The first-order valence-corrected chi connectivity index (χ1v) is 5.55. The molecule has 3 rings (SSSR count). The lowest BCUT2D eigenvalue weighted by Crippen LogP contribution is -2.14. The maximum atomic E-state index is 5.79. The van der Waals surface area contributed by atoms with Gasteiger partial charge >= 0.3 is 0 Å². The quantitative estimate of drug-likeness (QED) is 0.708. The van der Waals surface area contributed by atoms with Gasteiger partial charge < -0.3 is 9.15 Å². The van der Waals surface area contributed by atoms with Gasteiger partial charge in [-0.2, -0.15) is 0 Å². The van der Waals surface area contributed by atoms with E-state index in [0.29, 0.717) is 24.0 Å². The molecule has 0 saturated carbocycles. The van der Waals surface area contributed by atoms with Crippen LogP contribution in [0.15, 0.2) is 10.8 Å². The average Bonchev–Trinajstić information content (AvgIpc) is 2.92. The van der Waals surface area contributed by atoms with Crippen molar-refractivity contribution in [1.82, 2.24) is 4.98 Å². The highest BCUT2D eigenvalue weighted by Crippen LogP contribution is 2.45. The van der Waals surface area contributed by atoms with E-state index in [1.807, 2.05) is 0 Å². The number of hydrogen-bond donors (Lipinski definition) is 0. The molecule has 2 aliphatic heterocycles. The van der Waals surface area contributed by atoms with Crippen LogP contribution in [0.25, 0.3) is 0 Å².